The number of amides is 1. The molecule has 1 atom stereocenters. The fraction of sp³-hybridized carbons (Fsp3) is 0.133. The first kappa shape index (κ1) is 13.3. The molecule has 108 valence electrons. The number of ether oxygens (including phenoxy) is 1. The van der Waals surface area contributed by atoms with E-state index in [0.29, 0.717) is 17.0 Å². The molecule has 6 heteroatoms. The standard InChI is InChI=1S/C15H15N3O3/c1-9-4-2-3-5-11(9)16-15-17-12-8-10(14(19)18-20)6-7-13(12)21-15/h2-8,15-17,20H,1H3,(H,18,19). The lowest BCUT2D eigenvalue weighted by molar-refractivity contribution is 0.0706. The fourth-order valence-corrected chi connectivity index (χ4v) is 2.19. The zero-order chi connectivity index (χ0) is 14.8. The average molecular weight is 285 g/mol. The van der Waals surface area contributed by atoms with Gasteiger partial charge in [0.2, 0.25) is 6.35 Å². The number of nitrogens with one attached hydrogen (secondary N) is 3. The largest absolute Gasteiger partial charge is 0.450 e. The predicted molar refractivity (Wildman–Crippen MR) is 78.5 cm³/mol. The van der Waals surface area contributed by atoms with Crippen molar-refractivity contribution in [3.8, 4) is 5.75 Å². The summed E-state index contributed by atoms with van der Waals surface area (Å²) in [6.07, 6.45) is -0.409. The van der Waals surface area contributed by atoms with Crippen LogP contribution in [0.25, 0.3) is 0 Å². The van der Waals surface area contributed by atoms with Crippen LogP contribution in [0.5, 0.6) is 5.75 Å². The summed E-state index contributed by atoms with van der Waals surface area (Å²) in [5.41, 5.74) is 4.73. The van der Waals surface area contributed by atoms with Crippen molar-refractivity contribution < 1.29 is 14.7 Å². The molecule has 2 aromatic carbocycles. The number of hydrogen-bond donors (Lipinski definition) is 4. The Morgan fingerprint density at radius 1 is 1.29 bits per heavy atom. The van der Waals surface area contributed by atoms with Gasteiger partial charge in [-0.2, -0.15) is 0 Å². The number of benzene rings is 2. The Balaban J connectivity index is 1.76. The van der Waals surface area contributed by atoms with Crippen LogP contribution in [0.2, 0.25) is 0 Å². The van der Waals surface area contributed by atoms with Gasteiger partial charge in [-0.15, -0.1) is 0 Å². The topological polar surface area (TPSA) is 82.6 Å². The van der Waals surface area contributed by atoms with E-state index in [2.05, 4.69) is 10.6 Å². The van der Waals surface area contributed by atoms with Crippen LogP contribution in [0.15, 0.2) is 42.5 Å². The molecule has 1 aliphatic heterocycles. The quantitative estimate of drug-likeness (QED) is 0.514. The minimum Gasteiger partial charge on any atom is -0.450 e. The normalized spacial score (nSPS) is 15.6. The van der Waals surface area contributed by atoms with Gasteiger partial charge in [-0.3, -0.25) is 10.0 Å². The number of hydroxylamine groups is 1. The Labute approximate surface area is 121 Å². The van der Waals surface area contributed by atoms with E-state index in [1.165, 1.54) is 0 Å². The summed E-state index contributed by atoms with van der Waals surface area (Å²) in [5, 5.41) is 15.0. The molecule has 0 saturated heterocycles. The molecule has 21 heavy (non-hydrogen) atoms. The first-order valence-corrected chi connectivity index (χ1v) is 6.51. The van der Waals surface area contributed by atoms with E-state index in [9.17, 15) is 4.79 Å². The van der Waals surface area contributed by atoms with Gasteiger partial charge in [0.1, 0.15) is 5.75 Å². The van der Waals surface area contributed by atoms with Gasteiger partial charge < -0.3 is 15.4 Å². The molecular formula is C15H15N3O3. The number of rotatable bonds is 3. The molecule has 0 bridgehead atoms. The molecule has 3 rings (SSSR count). The molecule has 0 spiro atoms. The minimum absolute atomic E-state index is 0.351. The van der Waals surface area contributed by atoms with Crippen molar-refractivity contribution in [2.45, 2.75) is 13.3 Å². The molecule has 1 aliphatic rings. The zero-order valence-electron chi connectivity index (χ0n) is 11.4. The van der Waals surface area contributed by atoms with E-state index in [0.717, 1.165) is 11.3 Å². The maximum absolute atomic E-state index is 11.4. The van der Waals surface area contributed by atoms with Crippen LogP contribution in [0.1, 0.15) is 15.9 Å². The number of fused-ring (bicyclic) bond motifs is 1. The highest BCUT2D eigenvalue weighted by molar-refractivity contribution is 5.95. The highest BCUT2D eigenvalue weighted by Crippen LogP contribution is 2.33. The second kappa shape index (κ2) is 5.34. The monoisotopic (exact) mass is 285 g/mol. The van der Waals surface area contributed by atoms with Gasteiger partial charge in [0.25, 0.3) is 5.91 Å². The molecule has 0 fully saturated rings. The van der Waals surface area contributed by atoms with Crippen LogP contribution in [-0.2, 0) is 0 Å². The van der Waals surface area contributed by atoms with E-state index in [4.69, 9.17) is 9.94 Å². The highest BCUT2D eigenvalue weighted by Gasteiger charge is 2.23. The van der Waals surface area contributed by atoms with Crippen LogP contribution in [-0.4, -0.2) is 17.5 Å². The molecule has 1 heterocycles. The smallest absolute Gasteiger partial charge is 0.274 e. The van der Waals surface area contributed by atoms with Crippen molar-refractivity contribution in [2.24, 2.45) is 0 Å². The molecule has 6 nitrogen and oxygen atoms in total. The Morgan fingerprint density at radius 2 is 2.10 bits per heavy atom. The lowest BCUT2D eigenvalue weighted by atomic mass is 10.2. The van der Waals surface area contributed by atoms with Crippen LogP contribution in [0.4, 0.5) is 11.4 Å². The fourth-order valence-electron chi connectivity index (χ4n) is 2.19. The Morgan fingerprint density at radius 3 is 2.86 bits per heavy atom. The van der Waals surface area contributed by atoms with Crippen molar-refractivity contribution >= 4 is 17.3 Å². The Bertz CT molecular complexity index is 688. The predicted octanol–water partition coefficient (Wildman–Crippen LogP) is 2.31. The SMILES string of the molecule is Cc1ccccc1NC1Nc2cc(C(=O)NO)ccc2O1. The van der Waals surface area contributed by atoms with Crippen LogP contribution >= 0.6 is 0 Å². The van der Waals surface area contributed by atoms with Crippen molar-refractivity contribution in [1.29, 1.82) is 0 Å². The third kappa shape index (κ3) is 2.61. The molecule has 0 aromatic heterocycles. The third-order valence-corrected chi connectivity index (χ3v) is 3.31. The van der Waals surface area contributed by atoms with E-state index in [1.807, 2.05) is 31.2 Å². The number of carbonyl (C=O) groups is 1. The van der Waals surface area contributed by atoms with Gasteiger partial charge in [-0.25, -0.2) is 5.48 Å². The van der Waals surface area contributed by atoms with Crippen LogP contribution in [0.3, 0.4) is 0 Å². The van der Waals surface area contributed by atoms with Crippen molar-refractivity contribution in [2.75, 3.05) is 10.6 Å². The molecule has 0 aliphatic carbocycles. The lowest BCUT2D eigenvalue weighted by Crippen LogP contribution is -2.30. The molecule has 4 N–H and O–H groups in total. The summed E-state index contributed by atoms with van der Waals surface area (Å²) in [4.78, 5) is 11.4. The summed E-state index contributed by atoms with van der Waals surface area (Å²) < 4.78 is 5.72. The van der Waals surface area contributed by atoms with E-state index >= 15 is 0 Å². The van der Waals surface area contributed by atoms with Gasteiger partial charge in [-0.05, 0) is 36.8 Å². The second-order valence-corrected chi connectivity index (χ2v) is 4.75. The second-order valence-electron chi connectivity index (χ2n) is 4.75. The van der Waals surface area contributed by atoms with Gasteiger partial charge in [0.05, 0.1) is 5.69 Å². The maximum Gasteiger partial charge on any atom is 0.274 e. The summed E-state index contributed by atoms with van der Waals surface area (Å²) in [6, 6.07) is 12.8. The number of hydrogen-bond acceptors (Lipinski definition) is 5. The number of para-hydroxylation sites is 1. The van der Waals surface area contributed by atoms with E-state index in [1.54, 1.807) is 23.7 Å². The van der Waals surface area contributed by atoms with Gasteiger partial charge in [0, 0.05) is 11.3 Å². The van der Waals surface area contributed by atoms with Gasteiger partial charge in [0.15, 0.2) is 0 Å². The lowest BCUT2D eigenvalue weighted by Gasteiger charge is -2.16. The van der Waals surface area contributed by atoms with E-state index < -0.39 is 12.3 Å². The summed E-state index contributed by atoms with van der Waals surface area (Å²) in [7, 11) is 0. The van der Waals surface area contributed by atoms with Crippen molar-refractivity contribution in [3.63, 3.8) is 0 Å². The number of anilines is 2. The van der Waals surface area contributed by atoms with Gasteiger partial charge >= 0.3 is 0 Å². The van der Waals surface area contributed by atoms with Crippen LogP contribution in [0, 0.1) is 6.92 Å². The van der Waals surface area contributed by atoms with E-state index in [-0.39, 0.29) is 0 Å². The summed E-state index contributed by atoms with van der Waals surface area (Å²) in [5.74, 6) is 0.0884. The first-order chi connectivity index (χ1) is 10.2. The molecule has 2 aromatic rings. The first-order valence-electron chi connectivity index (χ1n) is 6.51. The minimum atomic E-state index is -0.560. The molecule has 0 radical (unpaired) electrons. The Hall–Kier alpha value is -2.73. The van der Waals surface area contributed by atoms with Crippen molar-refractivity contribution in [3.05, 3.63) is 53.6 Å². The molecular weight excluding hydrogens is 270 g/mol. The van der Waals surface area contributed by atoms with Crippen molar-refractivity contribution in [1.82, 2.24) is 5.48 Å². The maximum atomic E-state index is 11.4. The summed E-state index contributed by atoms with van der Waals surface area (Å²) >= 11 is 0. The third-order valence-electron chi connectivity index (χ3n) is 3.31. The highest BCUT2D eigenvalue weighted by atomic mass is 16.5. The average Bonchev–Trinajstić information content (AvgIpc) is 2.90. The number of aryl methyl sites for hydroxylation is 1. The number of carbonyl (C=O) groups excluding carboxylic acids is 1. The molecule has 1 unspecified atom stereocenters. The van der Waals surface area contributed by atoms with Crippen LogP contribution < -0.4 is 20.9 Å². The molecule has 0 saturated carbocycles. The zero-order valence-corrected chi connectivity index (χ0v) is 11.4. The Kier molecular flexibility index (Phi) is 3.37. The molecule has 1 amide bonds. The summed E-state index contributed by atoms with van der Waals surface area (Å²) in [6.45, 7) is 2.01. The van der Waals surface area contributed by atoms with Gasteiger partial charge in [-0.1, -0.05) is 18.2 Å².